The third kappa shape index (κ3) is 8.57. The second-order valence-electron chi connectivity index (χ2n) is 5.03. The van der Waals surface area contributed by atoms with Gasteiger partial charge in [0.25, 0.3) is 0 Å². The summed E-state index contributed by atoms with van der Waals surface area (Å²) in [5.74, 6) is -0.109. The highest BCUT2D eigenvalue weighted by Gasteiger charge is 2.02. The smallest absolute Gasteiger partial charge is 0.307 e. The Kier molecular flexibility index (Phi) is 9.37. The van der Waals surface area contributed by atoms with Gasteiger partial charge in [-0.2, -0.15) is 0 Å². The molecule has 1 N–H and O–H groups in total. The number of ether oxygens (including phenoxy) is 1. The fourth-order valence-electron chi connectivity index (χ4n) is 2.01. The van der Waals surface area contributed by atoms with Gasteiger partial charge in [-0.15, -0.1) is 0 Å². The van der Waals surface area contributed by atoms with Crippen molar-refractivity contribution in [2.24, 2.45) is 0 Å². The van der Waals surface area contributed by atoms with Gasteiger partial charge < -0.3 is 10.1 Å². The third-order valence-electron chi connectivity index (χ3n) is 3.19. The first-order chi connectivity index (χ1) is 9.83. The largest absolute Gasteiger partial charge is 0.466 e. The second kappa shape index (κ2) is 11.3. The fourth-order valence-corrected chi connectivity index (χ4v) is 2.01. The Balaban J connectivity index is 1.93. The zero-order chi connectivity index (χ0) is 14.5. The Morgan fingerprint density at radius 2 is 1.75 bits per heavy atom. The number of rotatable bonds is 11. The molecule has 1 aromatic rings. The third-order valence-corrected chi connectivity index (χ3v) is 3.19. The van der Waals surface area contributed by atoms with Crippen LogP contribution in [0.15, 0.2) is 30.3 Å². The number of anilines is 1. The van der Waals surface area contributed by atoms with Crippen LogP contribution in [0.2, 0.25) is 0 Å². The van der Waals surface area contributed by atoms with E-state index in [1.165, 1.54) is 25.7 Å². The summed E-state index contributed by atoms with van der Waals surface area (Å²) in [7, 11) is 0. The van der Waals surface area contributed by atoms with Crippen LogP contribution in [0.1, 0.15) is 51.9 Å². The van der Waals surface area contributed by atoms with Gasteiger partial charge in [0.1, 0.15) is 0 Å². The summed E-state index contributed by atoms with van der Waals surface area (Å²) in [4.78, 5) is 11.5. The highest BCUT2D eigenvalue weighted by atomic mass is 16.5. The van der Waals surface area contributed by atoms with E-state index in [1.54, 1.807) is 0 Å². The van der Waals surface area contributed by atoms with Crippen molar-refractivity contribution < 1.29 is 9.53 Å². The molecule has 0 saturated carbocycles. The molecule has 0 atom stereocenters. The highest BCUT2D eigenvalue weighted by molar-refractivity contribution is 5.70. The molecule has 0 heterocycles. The minimum Gasteiger partial charge on any atom is -0.466 e. The topological polar surface area (TPSA) is 38.3 Å². The fraction of sp³-hybridized carbons (Fsp3) is 0.588. The van der Waals surface area contributed by atoms with E-state index in [9.17, 15) is 4.79 Å². The molecule has 112 valence electrons. The van der Waals surface area contributed by atoms with Crippen molar-refractivity contribution in [3.8, 4) is 0 Å². The van der Waals surface area contributed by atoms with E-state index >= 15 is 0 Å². The maximum Gasteiger partial charge on any atom is 0.307 e. The Morgan fingerprint density at radius 3 is 2.50 bits per heavy atom. The summed E-state index contributed by atoms with van der Waals surface area (Å²) in [5.41, 5.74) is 1.04. The van der Waals surface area contributed by atoms with Gasteiger partial charge in [-0.25, -0.2) is 0 Å². The minimum atomic E-state index is -0.109. The predicted octanol–water partition coefficient (Wildman–Crippen LogP) is 4.39. The lowest BCUT2D eigenvalue weighted by atomic mass is 10.1. The molecule has 0 aliphatic carbocycles. The van der Waals surface area contributed by atoms with Crippen LogP contribution in [0.25, 0.3) is 0 Å². The van der Waals surface area contributed by atoms with Gasteiger partial charge in [0.15, 0.2) is 0 Å². The average Bonchev–Trinajstić information content (AvgIpc) is 2.47. The number of esters is 1. The molecule has 3 nitrogen and oxygen atoms in total. The number of para-hydroxylation sites is 1. The summed E-state index contributed by atoms with van der Waals surface area (Å²) in [6, 6.07) is 9.89. The molecule has 0 saturated heterocycles. The van der Waals surface area contributed by atoms with Crippen LogP contribution in [0, 0.1) is 0 Å². The van der Waals surface area contributed by atoms with Crippen molar-refractivity contribution in [2.75, 3.05) is 18.5 Å². The van der Waals surface area contributed by atoms with Gasteiger partial charge in [0.05, 0.1) is 13.0 Å². The van der Waals surface area contributed by atoms with Gasteiger partial charge in [-0.3, -0.25) is 4.79 Å². The maximum absolute atomic E-state index is 11.5. The summed E-state index contributed by atoms with van der Waals surface area (Å²) in [6.45, 7) is 3.40. The first kappa shape index (κ1) is 16.5. The molecule has 0 fully saturated rings. The summed E-state index contributed by atoms with van der Waals surface area (Å²) >= 11 is 0. The Hall–Kier alpha value is -1.51. The van der Waals surface area contributed by atoms with Gasteiger partial charge in [-0.1, -0.05) is 57.2 Å². The van der Waals surface area contributed by atoms with Crippen molar-refractivity contribution in [1.82, 2.24) is 0 Å². The molecule has 0 spiro atoms. The molecular formula is C17H27NO2. The predicted molar refractivity (Wildman–Crippen MR) is 83.9 cm³/mol. The van der Waals surface area contributed by atoms with E-state index in [1.807, 2.05) is 30.3 Å². The number of nitrogens with one attached hydrogen (secondary N) is 1. The SMILES string of the molecule is CCCCCCCCOC(=O)CCNc1ccccc1. The normalized spacial score (nSPS) is 10.2. The quantitative estimate of drug-likeness (QED) is 0.481. The standard InChI is InChI=1S/C17H27NO2/c1-2-3-4-5-6-10-15-20-17(19)13-14-18-16-11-8-7-9-12-16/h7-9,11-12,18H,2-6,10,13-15H2,1H3. The van der Waals surface area contributed by atoms with E-state index in [2.05, 4.69) is 12.2 Å². The highest BCUT2D eigenvalue weighted by Crippen LogP contribution is 2.06. The number of hydrogen-bond donors (Lipinski definition) is 1. The molecule has 1 aromatic carbocycles. The lowest BCUT2D eigenvalue weighted by Crippen LogP contribution is -2.12. The molecule has 0 amide bonds. The van der Waals surface area contributed by atoms with E-state index in [-0.39, 0.29) is 5.97 Å². The monoisotopic (exact) mass is 277 g/mol. The number of carbonyl (C=O) groups is 1. The molecule has 0 unspecified atom stereocenters. The van der Waals surface area contributed by atoms with E-state index in [4.69, 9.17) is 4.74 Å². The van der Waals surface area contributed by atoms with E-state index < -0.39 is 0 Å². The number of benzene rings is 1. The first-order valence-electron chi connectivity index (χ1n) is 7.77. The Labute approximate surface area is 122 Å². The average molecular weight is 277 g/mol. The number of carbonyl (C=O) groups excluding carboxylic acids is 1. The molecular weight excluding hydrogens is 250 g/mol. The van der Waals surface area contributed by atoms with Crippen LogP contribution in [0.3, 0.4) is 0 Å². The first-order valence-corrected chi connectivity index (χ1v) is 7.77. The minimum absolute atomic E-state index is 0.109. The van der Waals surface area contributed by atoms with Crippen LogP contribution >= 0.6 is 0 Å². The van der Waals surface area contributed by atoms with Gasteiger partial charge in [-0.05, 0) is 18.6 Å². The molecule has 0 radical (unpaired) electrons. The summed E-state index contributed by atoms with van der Waals surface area (Å²) in [5, 5.41) is 3.20. The lowest BCUT2D eigenvalue weighted by molar-refractivity contribution is -0.143. The molecule has 0 aliphatic heterocycles. The van der Waals surface area contributed by atoms with Gasteiger partial charge in [0.2, 0.25) is 0 Å². The van der Waals surface area contributed by atoms with Gasteiger partial charge >= 0.3 is 5.97 Å². The van der Waals surface area contributed by atoms with E-state index in [0.29, 0.717) is 19.6 Å². The number of hydrogen-bond acceptors (Lipinski definition) is 3. The van der Waals surface area contributed by atoms with Crippen LogP contribution in [-0.2, 0) is 9.53 Å². The van der Waals surface area contributed by atoms with Crippen molar-refractivity contribution in [2.45, 2.75) is 51.9 Å². The molecule has 0 aromatic heterocycles. The zero-order valence-corrected chi connectivity index (χ0v) is 12.6. The molecule has 0 bridgehead atoms. The van der Waals surface area contributed by atoms with Crippen molar-refractivity contribution in [3.63, 3.8) is 0 Å². The van der Waals surface area contributed by atoms with Crippen molar-refractivity contribution in [1.29, 1.82) is 0 Å². The molecule has 0 aliphatic rings. The number of unbranched alkanes of at least 4 members (excludes halogenated alkanes) is 5. The maximum atomic E-state index is 11.5. The van der Waals surface area contributed by atoms with Crippen LogP contribution in [-0.4, -0.2) is 19.1 Å². The molecule has 3 heteroatoms. The lowest BCUT2D eigenvalue weighted by Gasteiger charge is -2.07. The second-order valence-corrected chi connectivity index (χ2v) is 5.03. The summed E-state index contributed by atoms with van der Waals surface area (Å²) in [6.07, 6.45) is 7.70. The van der Waals surface area contributed by atoms with Crippen LogP contribution in [0.5, 0.6) is 0 Å². The zero-order valence-electron chi connectivity index (χ0n) is 12.6. The van der Waals surface area contributed by atoms with Crippen LogP contribution in [0.4, 0.5) is 5.69 Å². The molecule has 1 rings (SSSR count). The van der Waals surface area contributed by atoms with Crippen LogP contribution < -0.4 is 5.32 Å². The Bertz CT molecular complexity index is 351. The Morgan fingerprint density at radius 1 is 1.05 bits per heavy atom. The van der Waals surface area contributed by atoms with Crippen molar-refractivity contribution in [3.05, 3.63) is 30.3 Å². The van der Waals surface area contributed by atoms with E-state index in [0.717, 1.165) is 18.5 Å². The van der Waals surface area contributed by atoms with Crippen molar-refractivity contribution >= 4 is 11.7 Å². The summed E-state index contributed by atoms with van der Waals surface area (Å²) < 4.78 is 5.21. The van der Waals surface area contributed by atoms with Gasteiger partial charge in [0, 0.05) is 12.2 Å². The molecule has 20 heavy (non-hydrogen) atoms.